The Morgan fingerprint density at radius 3 is 2.42 bits per heavy atom. The molecule has 7 nitrogen and oxygen atoms in total. The smallest absolute Gasteiger partial charge is 0.409 e. The molecule has 0 unspecified atom stereocenters. The van der Waals surface area contributed by atoms with Crippen LogP contribution in [-0.2, 0) is 21.4 Å². The van der Waals surface area contributed by atoms with Gasteiger partial charge in [-0.05, 0) is 31.0 Å². The number of nitrogens with zero attached hydrogens (tertiary/aromatic N) is 2. The molecule has 1 saturated heterocycles. The zero-order valence-electron chi connectivity index (χ0n) is 13.6. The Bertz CT molecular complexity index is 643. The van der Waals surface area contributed by atoms with Crippen molar-refractivity contribution in [1.82, 2.24) is 13.9 Å². The number of carbonyl (C=O) groups excluding carboxylic acids is 1. The number of piperazine rings is 1. The average Bonchev–Trinajstić information content (AvgIpc) is 2.57. The Morgan fingerprint density at radius 1 is 1.21 bits per heavy atom. The van der Waals surface area contributed by atoms with Crippen LogP contribution in [0.5, 0.6) is 0 Å². The highest BCUT2D eigenvalue weighted by molar-refractivity contribution is 7.87. The predicted molar refractivity (Wildman–Crippen MR) is 87.2 cm³/mol. The molecule has 24 heavy (non-hydrogen) atoms. The van der Waals surface area contributed by atoms with Gasteiger partial charge in [0, 0.05) is 32.7 Å². The summed E-state index contributed by atoms with van der Waals surface area (Å²) < 4.78 is 46.1. The molecule has 1 fully saturated rings. The van der Waals surface area contributed by atoms with Crippen molar-refractivity contribution in [3.05, 3.63) is 35.6 Å². The lowest BCUT2D eigenvalue weighted by Gasteiger charge is -2.33. The molecule has 0 spiro atoms. The van der Waals surface area contributed by atoms with Crippen molar-refractivity contribution in [2.24, 2.45) is 0 Å². The second kappa shape index (κ2) is 8.41. The first-order valence-corrected chi connectivity index (χ1v) is 9.27. The molecular weight excluding hydrogens is 337 g/mol. The first-order valence-electron chi connectivity index (χ1n) is 7.83. The van der Waals surface area contributed by atoms with Gasteiger partial charge in [0.1, 0.15) is 5.82 Å². The summed E-state index contributed by atoms with van der Waals surface area (Å²) in [5, 5.41) is 0. The van der Waals surface area contributed by atoms with Gasteiger partial charge in [-0.1, -0.05) is 12.1 Å². The van der Waals surface area contributed by atoms with Crippen molar-refractivity contribution >= 4 is 16.3 Å². The summed E-state index contributed by atoms with van der Waals surface area (Å²) >= 11 is 0. The van der Waals surface area contributed by atoms with E-state index in [0.717, 1.165) is 5.56 Å². The summed E-state index contributed by atoms with van der Waals surface area (Å²) in [5.74, 6) is -0.321. The summed E-state index contributed by atoms with van der Waals surface area (Å²) in [7, 11) is -3.59. The van der Waals surface area contributed by atoms with Gasteiger partial charge in [-0.15, -0.1) is 0 Å². The highest BCUT2D eigenvalue weighted by Gasteiger charge is 2.28. The molecule has 1 heterocycles. The lowest BCUT2D eigenvalue weighted by Crippen LogP contribution is -2.53. The minimum atomic E-state index is -3.59. The normalized spacial score (nSPS) is 16.2. The third-order valence-corrected chi connectivity index (χ3v) is 5.33. The molecule has 1 aromatic carbocycles. The molecule has 1 aliphatic heterocycles. The molecular formula is C15H22FN3O4S. The van der Waals surface area contributed by atoms with Gasteiger partial charge in [0.05, 0.1) is 6.61 Å². The van der Waals surface area contributed by atoms with Crippen LogP contribution in [0, 0.1) is 5.82 Å². The van der Waals surface area contributed by atoms with Crippen LogP contribution in [0.1, 0.15) is 12.5 Å². The Balaban J connectivity index is 1.79. The monoisotopic (exact) mass is 359 g/mol. The zero-order chi connectivity index (χ0) is 17.6. The van der Waals surface area contributed by atoms with Crippen LogP contribution in [0.2, 0.25) is 0 Å². The lowest BCUT2D eigenvalue weighted by atomic mass is 10.1. The molecule has 134 valence electrons. The van der Waals surface area contributed by atoms with Crippen molar-refractivity contribution in [3.63, 3.8) is 0 Å². The Hall–Kier alpha value is -1.71. The number of hydrogen-bond acceptors (Lipinski definition) is 4. The summed E-state index contributed by atoms with van der Waals surface area (Å²) in [6.07, 6.45) is 0.0567. The van der Waals surface area contributed by atoms with Gasteiger partial charge >= 0.3 is 6.09 Å². The van der Waals surface area contributed by atoms with Crippen molar-refractivity contribution in [3.8, 4) is 0 Å². The van der Waals surface area contributed by atoms with Gasteiger partial charge in [-0.25, -0.2) is 13.9 Å². The molecule has 0 aromatic heterocycles. The van der Waals surface area contributed by atoms with E-state index in [1.54, 1.807) is 19.1 Å². The molecule has 1 N–H and O–H groups in total. The maximum absolute atomic E-state index is 12.8. The van der Waals surface area contributed by atoms with Gasteiger partial charge in [0.25, 0.3) is 10.2 Å². The van der Waals surface area contributed by atoms with E-state index in [0.29, 0.717) is 26.1 Å². The van der Waals surface area contributed by atoms with E-state index >= 15 is 0 Å². The van der Waals surface area contributed by atoms with E-state index in [9.17, 15) is 17.6 Å². The second-order valence-electron chi connectivity index (χ2n) is 5.36. The Kier molecular flexibility index (Phi) is 6.52. The van der Waals surface area contributed by atoms with Crippen LogP contribution in [0.4, 0.5) is 9.18 Å². The number of benzene rings is 1. The number of nitrogens with one attached hydrogen (secondary N) is 1. The topological polar surface area (TPSA) is 79.0 Å². The van der Waals surface area contributed by atoms with Gasteiger partial charge in [-0.3, -0.25) is 0 Å². The third kappa shape index (κ3) is 5.15. The Morgan fingerprint density at radius 2 is 1.83 bits per heavy atom. The molecule has 0 atom stereocenters. The standard InChI is InChI=1S/C15H22FN3O4S/c1-2-23-15(20)18-9-11-19(12-10-18)24(21,22)17-8-7-13-3-5-14(16)6-4-13/h3-6,17H,2,7-12H2,1H3. The Labute approximate surface area is 141 Å². The van der Waals surface area contributed by atoms with E-state index in [1.807, 2.05) is 0 Å². The summed E-state index contributed by atoms with van der Waals surface area (Å²) in [6.45, 7) is 3.31. The summed E-state index contributed by atoms with van der Waals surface area (Å²) in [6, 6.07) is 5.94. The van der Waals surface area contributed by atoms with E-state index in [4.69, 9.17) is 4.74 Å². The van der Waals surface area contributed by atoms with Gasteiger partial charge < -0.3 is 9.64 Å². The maximum Gasteiger partial charge on any atom is 0.409 e. The zero-order valence-corrected chi connectivity index (χ0v) is 14.4. The molecule has 0 aliphatic carbocycles. The molecule has 1 amide bonds. The van der Waals surface area contributed by atoms with E-state index in [2.05, 4.69) is 4.72 Å². The molecule has 0 bridgehead atoms. The van der Waals surface area contributed by atoms with Crippen molar-refractivity contribution < 1.29 is 22.3 Å². The van der Waals surface area contributed by atoms with Gasteiger partial charge in [0.2, 0.25) is 0 Å². The molecule has 0 radical (unpaired) electrons. The number of carbonyl (C=O) groups is 1. The van der Waals surface area contributed by atoms with Crippen LogP contribution in [0.3, 0.4) is 0 Å². The molecule has 2 rings (SSSR count). The quantitative estimate of drug-likeness (QED) is 0.821. The van der Waals surface area contributed by atoms with E-state index in [-0.39, 0.29) is 25.5 Å². The number of rotatable bonds is 6. The van der Waals surface area contributed by atoms with Crippen LogP contribution in [-0.4, -0.2) is 63.0 Å². The minimum absolute atomic E-state index is 0.227. The fraction of sp³-hybridized carbons (Fsp3) is 0.533. The average molecular weight is 359 g/mol. The number of hydrogen-bond donors (Lipinski definition) is 1. The van der Waals surface area contributed by atoms with Crippen LogP contribution in [0.25, 0.3) is 0 Å². The summed E-state index contributed by atoms with van der Waals surface area (Å²) in [5.41, 5.74) is 0.853. The highest BCUT2D eigenvalue weighted by Crippen LogP contribution is 2.08. The van der Waals surface area contributed by atoms with Crippen molar-refractivity contribution in [2.75, 3.05) is 39.3 Å². The van der Waals surface area contributed by atoms with Crippen molar-refractivity contribution in [1.29, 1.82) is 0 Å². The molecule has 1 aromatic rings. The summed E-state index contributed by atoms with van der Waals surface area (Å²) in [4.78, 5) is 13.1. The van der Waals surface area contributed by atoms with Crippen molar-refractivity contribution in [2.45, 2.75) is 13.3 Å². The van der Waals surface area contributed by atoms with Gasteiger partial charge in [0.15, 0.2) is 0 Å². The number of amides is 1. The second-order valence-corrected chi connectivity index (χ2v) is 7.12. The molecule has 9 heteroatoms. The fourth-order valence-corrected chi connectivity index (χ4v) is 3.58. The minimum Gasteiger partial charge on any atom is -0.450 e. The number of halogens is 1. The number of ether oxygens (including phenoxy) is 1. The van der Waals surface area contributed by atoms with E-state index < -0.39 is 16.3 Å². The highest BCUT2D eigenvalue weighted by atomic mass is 32.2. The maximum atomic E-state index is 12.8. The molecule has 0 saturated carbocycles. The van der Waals surface area contributed by atoms with Crippen LogP contribution < -0.4 is 4.72 Å². The predicted octanol–water partition coefficient (Wildman–Crippen LogP) is 0.977. The SMILES string of the molecule is CCOC(=O)N1CCN(S(=O)(=O)NCCc2ccc(F)cc2)CC1. The van der Waals surface area contributed by atoms with Crippen LogP contribution >= 0.6 is 0 Å². The van der Waals surface area contributed by atoms with Crippen LogP contribution in [0.15, 0.2) is 24.3 Å². The first kappa shape index (κ1) is 18.6. The largest absolute Gasteiger partial charge is 0.450 e. The first-order chi connectivity index (χ1) is 11.4. The molecule has 1 aliphatic rings. The van der Waals surface area contributed by atoms with E-state index in [1.165, 1.54) is 21.3 Å². The fourth-order valence-electron chi connectivity index (χ4n) is 2.39. The third-order valence-electron chi connectivity index (χ3n) is 3.72. The lowest BCUT2D eigenvalue weighted by molar-refractivity contribution is 0.0932. The van der Waals surface area contributed by atoms with Gasteiger partial charge in [-0.2, -0.15) is 12.7 Å².